The third-order valence-corrected chi connectivity index (χ3v) is 4.10. The predicted octanol–water partition coefficient (Wildman–Crippen LogP) is -0.542. The Morgan fingerprint density at radius 2 is 2.00 bits per heavy atom. The van der Waals surface area contributed by atoms with Crippen LogP contribution in [0, 0.1) is 0 Å². The summed E-state index contributed by atoms with van der Waals surface area (Å²) < 4.78 is 0. The lowest BCUT2D eigenvalue weighted by molar-refractivity contribution is -0.134. The summed E-state index contributed by atoms with van der Waals surface area (Å²) in [7, 11) is 0. The van der Waals surface area contributed by atoms with Gasteiger partial charge in [-0.25, -0.2) is 0 Å². The average Bonchev–Trinajstić information content (AvgIpc) is 3.08. The van der Waals surface area contributed by atoms with Crippen LogP contribution in [0.2, 0.25) is 0 Å². The first-order chi connectivity index (χ1) is 11.4. The maximum absolute atomic E-state index is 12.6. The van der Waals surface area contributed by atoms with E-state index in [0.717, 1.165) is 24.9 Å². The van der Waals surface area contributed by atoms with Crippen LogP contribution in [0.5, 0.6) is 0 Å². The number of benzene rings is 1. The van der Waals surface area contributed by atoms with E-state index in [9.17, 15) is 14.4 Å². The quantitative estimate of drug-likeness (QED) is 0.537. The van der Waals surface area contributed by atoms with Gasteiger partial charge >= 0.3 is 0 Å². The summed E-state index contributed by atoms with van der Waals surface area (Å²) >= 11 is 0. The number of hydrogen-bond acceptors (Lipinski definition) is 4. The first-order valence-corrected chi connectivity index (χ1v) is 8.07. The number of nitrogens with one attached hydrogen (secondary N) is 3. The molecular weight excluding hydrogens is 308 g/mol. The van der Waals surface area contributed by atoms with Crippen molar-refractivity contribution in [3.63, 3.8) is 0 Å². The van der Waals surface area contributed by atoms with Crippen molar-refractivity contribution < 1.29 is 14.4 Å². The molecule has 5 N–H and O–H groups in total. The molecule has 2 rings (SSSR count). The third kappa shape index (κ3) is 4.79. The minimum atomic E-state index is -1.17. The predicted molar refractivity (Wildman–Crippen MR) is 89.9 cm³/mol. The van der Waals surface area contributed by atoms with E-state index in [1.807, 2.05) is 30.3 Å². The zero-order chi connectivity index (χ0) is 17.6. The lowest BCUT2D eigenvalue weighted by Crippen LogP contribution is -2.61. The number of nitrogens with two attached hydrogens (primary N) is 1. The summed E-state index contributed by atoms with van der Waals surface area (Å²) in [4.78, 5) is 35.9. The van der Waals surface area contributed by atoms with Crippen molar-refractivity contribution in [3.05, 3.63) is 35.9 Å². The Kier molecular flexibility index (Phi) is 5.92. The Morgan fingerprint density at radius 3 is 2.58 bits per heavy atom. The highest BCUT2D eigenvalue weighted by Gasteiger charge is 2.37. The lowest BCUT2D eigenvalue weighted by atomic mass is 9.91. The molecular formula is C17H24N4O3. The summed E-state index contributed by atoms with van der Waals surface area (Å²) in [5.74, 6) is -1.27. The zero-order valence-electron chi connectivity index (χ0n) is 13.8. The van der Waals surface area contributed by atoms with Crippen LogP contribution in [0.1, 0.15) is 25.3 Å². The fraction of sp³-hybridized carbons (Fsp3) is 0.471. The first kappa shape index (κ1) is 17.9. The monoisotopic (exact) mass is 332 g/mol. The standard InChI is InChI=1S/C17H24N4O3/c1-17(16(24)20-11-14(18)22,10-12-6-3-2-4-7-12)21-15(23)13-8-5-9-19-13/h2-4,6-7,13,19H,5,8-11H2,1H3,(H2,18,22)(H,20,24)(H,21,23)/t13-,17+/m0/s1. The topological polar surface area (TPSA) is 113 Å². The molecule has 7 nitrogen and oxygen atoms in total. The van der Waals surface area contributed by atoms with Crippen LogP contribution < -0.4 is 21.7 Å². The Hall–Kier alpha value is -2.41. The number of primary amides is 1. The first-order valence-electron chi connectivity index (χ1n) is 8.07. The van der Waals surface area contributed by atoms with E-state index < -0.39 is 17.4 Å². The van der Waals surface area contributed by atoms with E-state index in [2.05, 4.69) is 16.0 Å². The van der Waals surface area contributed by atoms with Crippen LogP contribution in [-0.4, -0.2) is 42.4 Å². The van der Waals surface area contributed by atoms with E-state index in [1.54, 1.807) is 6.92 Å². The molecule has 1 fully saturated rings. The smallest absolute Gasteiger partial charge is 0.246 e. The molecule has 0 radical (unpaired) electrons. The molecule has 0 unspecified atom stereocenters. The van der Waals surface area contributed by atoms with E-state index in [4.69, 9.17) is 5.73 Å². The molecule has 7 heteroatoms. The van der Waals surface area contributed by atoms with Gasteiger partial charge in [0.15, 0.2) is 0 Å². The fourth-order valence-electron chi connectivity index (χ4n) is 2.82. The maximum atomic E-state index is 12.6. The van der Waals surface area contributed by atoms with Gasteiger partial charge in [0.1, 0.15) is 5.54 Å². The van der Waals surface area contributed by atoms with Crippen molar-refractivity contribution in [2.75, 3.05) is 13.1 Å². The number of amides is 3. The normalized spacial score (nSPS) is 19.3. The van der Waals surface area contributed by atoms with Crippen molar-refractivity contribution in [2.24, 2.45) is 5.73 Å². The largest absolute Gasteiger partial charge is 0.368 e. The van der Waals surface area contributed by atoms with Crippen molar-refractivity contribution in [1.82, 2.24) is 16.0 Å². The second-order valence-corrected chi connectivity index (χ2v) is 6.28. The van der Waals surface area contributed by atoms with Crippen LogP contribution in [0.15, 0.2) is 30.3 Å². The van der Waals surface area contributed by atoms with Crippen LogP contribution in [0.25, 0.3) is 0 Å². The second-order valence-electron chi connectivity index (χ2n) is 6.28. The number of carbonyl (C=O) groups is 3. The molecule has 1 aliphatic heterocycles. The van der Waals surface area contributed by atoms with Gasteiger partial charge in [0.25, 0.3) is 0 Å². The van der Waals surface area contributed by atoms with Crippen LogP contribution in [0.3, 0.4) is 0 Å². The number of rotatable bonds is 7. The molecule has 0 saturated carbocycles. The Balaban J connectivity index is 2.13. The van der Waals surface area contributed by atoms with Gasteiger partial charge in [-0.2, -0.15) is 0 Å². The van der Waals surface area contributed by atoms with Gasteiger partial charge < -0.3 is 21.7 Å². The molecule has 0 aliphatic carbocycles. The van der Waals surface area contributed by atoms with Crippen LogP contribution in [0.4, 0.5) is 0 Å². The molecule has 1 saturated heterocycles. The van der Waals surface area contributed by atoms with Gasteiger partial charge in [-0.15, -0.1) is 0 Å². The molecule has 1 aromatic rings. The van der Waals surface area contributed by atoms with E-state index >= 15 is 0 Å². The van der Waals surface area contributed by atoms with Crippen molar-refractivity contribution >= 4 is 17.7 Å². The van der Waals surface area contributed by atoms with Gasteiger partial charge in [0.05, 0.1) is 12.6 Å². The zero-order valence-corrected chi connectivity index (χ0v) is 13.8. The molecule has 3 amide bonds. The Labute approximate surface area is 141 Å². The fourth-order valence-corrected chi connectivity index (χ4v) is 2.82. The van der Waals surface area contributed by atoms with Crippen molar-refractivity contribution in [3.8, 4) is 0 Å². The SMILES string of the molecule is C[C@](Cc1ccccc1)(NC(=O)[C@@H]1CCCN1)C(=O)NCC(N)=O. The lowest BCUT2D eigenvalue weighted by Gasteiger charge is -2.31. The Bertz CT molecular complexity index is 599. The molecule has 1 heterocycles. The molecule has 0 spiro atoms. The van der Waals surface area contributed by atoms with Crippen LogP contribution in [-0.2, 0) is 20.8 Å². The summed E-state index contributed by atoms with van der Waals surface area (Å²) in [5, 5.41) is 8.45. The van der Waals surface area contributed by atoms with E-state index in [0.29, 0.717) is 6.42 Å². The van der Waals surface area contributed by atoms with Gasteiger partial charge in [-0.05, 0) is 31.9 Å². The molecule has 24 heavy (non-hydrogen) atoms. The minimum absolute atomic E-state index is 0.208. The van der Waals surface area contributed by atoms with E-state index in [1.165, 1.54) is 0 Å². The highest BCUT2D eigenvalue weighted by Crippen LogP contribution is 2.15. The molecule has 1 aromatic carbocycles. The molecule has 130 valence electrons. The van der Waals surface area contributed by atoms with Crippen LogP contribution >= 0.6 is 0 Å². The van der Waals surface area contributed by atoms with Crippen molar-refractivity contribution in [2.45, 2.75) is 37.8 Å². The maximum Gasteiger partial charge on any atom is 0.246 e. The van der Waals surface area contributed by atoms with Crippen molar-refractivity contribution in [1.29, 1.82) is 0 Å². The highest BCUT2D eigenvalue weighted by atomic mass is 16.2. The average molecular weight is 332 g/mol. The van der Waals surface area contributed by atoms with Gasteiger partial charge in [0, 0.05) is 6.42 Å². The molecule has 0 aromatic heterocycles. The Morgan fingerprint density at radius 1 is 1.29 bits per heavy atom. The van der Waals surface area contributed by atoms with Gasteiger partial charge in [-0.3, -0.25) is 14.4 Å². The third-order valence-electron chi connectivity index (χ3n) is 4.10. The molecule has 2 atom stereocenters. The minimum Gasteiger partial charge on any atom is -0.368 e. The van der Waals surface area contributed by atoms with Gasteiger partial charge in [-0.1, -0.05) is 30.3 Å². The summed E-state index contributed by atoms with van der Waals surface area (Å²) in [6.07, 6.45) is 1.99. The number of hydrogen-bond donors (Lipinski definition) is 4. The summed E-state index contributed by atoms with van der Waals surface area (Å²) in [6, 6.07) is 9.12. The summed E-state index contributed by atoms with van der Waals surface area (Å²) in [5.41, 5.74) is 4.83. The molecule has 1 aliphatic rings. The molecule has 0 bridgehead atoms. The second kappa shape index (κ2) is 7.92. The van der Waals surface area contributed by atoms with Gasteiger partial charge in [0.2, 0.25) is 17.7 Å². The number of carbonyl (C=O) groups excluding carboxylic acids is 3. The summed E-state index contributed by atoms with van der Waals surface area (Å²) in [6.45, 7) is 2.19. The highest BCUT2D eigenvalue weighted by molar-refractivity contribution is 5.94. The van der Waals surface area contributed by atoms with E-state index in [-0.39, 0.29) is 18.5 Å².